The van der Waals surface area contributed by atoms with E-state index in [-0.39, 0.29) is 24.2 Å². The number of aliphatic carboxylic acids is 1. The zero-order valence-electron chi connectivity index (χ0n) is 8.84. The highest BCUT2D eigenvalue weighted by atomic mass is 16.4. The Bertz CT molecular complexity index is 518. The number of hydrogen-bond donors (Lipinski definition) is 2. The number of carboxylic acids is 2. The van der Waals surface area contributed by atoms with Crippen molar-refractivity contribution in [3.05, 3.63) is 34.9 Å². The molecule has 2 rings (SSSR count). The van der Waals surface area contributed by atoms with Gasteiger partial charge in [0.2, 0.25) is 0 Å². The highest BCUT2D eigenvalue weighted by Gasteiger charge is 2.30. The van der Waals surface area contributed by atoms with Crippen LogP contribution in [0.3, 0.4) is 0 Å². The van der Waals surface area contributed by atoms with Crippen molar-refractivity contribution in [2.24, 2.45) is 5.92 Å². The number of fused-ring (bicyclic) bond motifs is 1. The summed E-state index contributed by atoms with van der Waals surface area (Å²) in [6, 6.07) is 4.22. The van der Waals surface area contributed by atoms with E-state index in [1.807, 2.05) is 0 Å². The highest BCUT2D eigenvalue weighted by molar-refractivity contribution is 6.02. The molecule has 5 nitrogen and oxygen atoms in total. The third-order valence-electron chi connectivity index (χ3n) is 2.90. The number of benzene rings is 1. The molecule has 1 aromatic carbocycles. The predicted octanol–water partition coefficient (Wildman–Crippen LogP) is 1.21. The number of Topliss-reactive ketones (excluding diaryl/α,β-unsaturated/α-hetero) is 1. The molecule has 0 heterocycles. The summed E-state index contributed by atoms with van der Waals surface area (Å²) in [5.74, 6) is -3.10. The molecule has 1 aliphatic rings. The quantitative estimate of drug-likeness (QED) is 0.802. The van der Waals surface area contributed by atoms with Crippen LogP contribution in [-0.4, -0.2) is 27.9 Å². The molecule has 0 bridgehead atoms. The Labute approximate surface area is 96.7 Å². The van der Waals surface area contributed by atoms with Gasteiger partial charge >= 0.3 is 11.9 Å². The summed E-state index contributed by atoms with van der Waals surface area (Å²) in [5, 5.41) is 17.7. The molecule has 1 unspecified atom stereocenters. The van der Waals surface area contributed by atoms with Gasteiger partial charge in [-0.2, -0.15) is 0 Å². The van der Waals surface area contributed by atoms with Gasteiger partial charge in [0, 0.05) is 12.0 Å². The molecule has 2 N–H and O–H groups in total. The molecule has 0 amide bonds. The van der Waals surface area contributed by atoms with Gasteiger partial charge in [0.1, 0.15) is 0 Å². The molecule has 0 aliphatic heterocycles. The molecular formula is C12H10O5. The number of aromatic carboxylic acids is 1. The van der Waals surface area contributed by atoms with Crippen molar-refractivity contribution < 1.29 is 24.6 Å². The topological polar surface area (TPSA) is 91.7 Å². The lowest BCUT2D eigenvalue weighted by Crippen LogP contribution is -2.26. The summed E-state index contributed by atoms with van der Waals surface area (Å²) in [5.41, 5.74) is 0.993. The first kappa shape index (κ1) is 11.3. The van der Waals surface area contributed by atoms with Gasteiger partial charge in [-0.05, 0) is 24.1 Å². The molecule has 1 atom stereocenters. The van der Waals surface area contributed by atoms with Crippen molar-refractivity contribution in [3.63, 3.8) is 0 Å². The summed E-state index contributed by atoms with van der Waals surface area (Å²) in [6.07, 6.45) is 0.210. The Morgan fingerprint density at radius 2 is 1.88 bits per heavy atom. The monoisotopic (exact) mass is 234 g/mol. The predicted molar refractivity (Wildman–Crippen MR) is 57.2 cm³/mol. The first-order valence-electron chi connectivity index (χ1n) is 5.11. The first-order valence-corrected chi connectivity index (χ1v) is 5.11. The van der Waals surface area contributed by atoms with Gasteiger partial charge in [0.25, 0.3) is 0 Å². The average molecular weight is 234 g/mol. The molecule has 0 spiro atoms. The van der Waals surface area contributed by atoms with E-state index in [0.29, 0.717) is 11.1 Å². The maximum Gasteiger partial charge on any atom is 0.335 e. The fourth-order valence-electron chi connectivity index (χ4n) is 1.99. The zero-order valence-corrected chi connectivity index (χ0v) is 8.84. The Morgan fingerprint density at radius 3 is 2.47 bits per heavy atom. The van der Waals surface area contributed by atoms with E-state index in [2.05, 4.69) is 0 Å². The largest absolute Gasteiger partial charge is 0.481 e. The lowest BCUT2D eigenvalue weighted by Gasteiger charge is -2.20. The Kier molecular flexibility index (Phi) is 2.67. The zero-order chi connectivity index (χ0) is 12.6. The van der Waals surface area contributed by atoms with Gasteiger partial charge in [-0.3, -0.25) is 9.59 Å². The van der Waals surface area contributed by atoms with Crippen molar-refractivity contribution in [3.8, 4) is 0 Å². The van der Waals surface area contributed by atoms with E-state index in [1.165, 1.54) is 18.2 Å². The van der Waals surface area contributed by atoms with Gasteiger partial charge in [-0.1, -0.05) is 6.07 Å². The number of hydrogen-bond acceptors (Lipinski definition) is 3. The van der Waals surface area contributed by atoms with Gasteiger partial charge < -0.3 is 10.2 Å². The number of rotatable bonds is 2. The summed E-state index contributed by atoms with van der Waals surface area (Å²) >= 11 is 0. The molecule has 17 heavy (non-hydrogen) atoms. The molecule has 0 radical (unpaired) electrons. The van der Waals surface area contributed by atoms with E-state index in [0.717, 1.165) is 0 Å². The molecule has 0 aromatic heterocycles. The Hall–Kier alpha value is -2.17. The summed E-state index contributed by atoms with van der Waals surface area (Å²) in [4.78, 5) is 33.3. The Morgan fingerprint density at radius 1 is 1.18 bits per heavy atom. The smallest absolute Gasteiger partial charge is 0.335 e. The van der Waals surface area contributed by atoms with Crippen LogP contribution in [0.1, 0.15) is 32.7 Å². The van der Waals surface area contributed by atoms with Crippen LogP contribution in [-0.2, 0) is 11.2 Å². The minimum Gasteiger partial charge on any atom is -0.481 e. The molecule has 0 saturated heterocycles. The van der Waals surface area contributed by atoms with Crippen LogP contribution in [0.4, 0.5) is 0 Å². The molecule has 88 valence electrons. The van der Waals surface area contributed by atoms with Crippen molar-refractivity contribution in [1.82, 2.24) is 0 Å². The number of carbonyl (C=O) groups excluding carboxylic acids is 1. The molecule has 5 heteroatoms. The second kappa shape index (κ2) is 4.01. The number of ketones is 1. The molecule has 0 saturated carbocycles. The SMILES string of the molecule is O=C(O)c1ccc2c(c1)C(=O)CC(C(=O)O)C2. The number of carboxylic acid groups (broad SMARTS) is 2. The third-order valence-corrected chi connectivity index (χ3v) is 2.90. The highest BCUT2D eigenvalue weighted by Crippen LogP contribution is 2.26. The van der Waals surface area contributed by atoms with Gasteiger partial charge in [-0.15, -0.1) is 0 Å². The van der Waals surface area contributed by atoms with E-state index < -0.39 is 17.9 Å². The van der Waals surface area contributed by atoms with E-state index in [1.54, 1.807) is 0 Å². The summed E-state index contributed by atoms with van der Waals surface area (Å²) < 4.78 is 0. The fourth-order valence-corrected chi connectivity index (χ4v) is 1.99. The second-order valence-electron chi connectivity index (χ2n) is 4.04. The van der Waals surface area contributed by atoms with Gasteiger partial charge in [0.15, 0.2) is 5.78 Å². The third kappa shape index (κ3) is 2.04. The molecule has 1 aliphatic carbocycles. The summed E-state index contributed by atoms with van der Waals surface area (Å²) in [6.45, 7) is 0. The molecule has 1 aromatic rings. The van der Waals surface area contributed by atoms with Crippen LogP contribution in [0, 0.1) is 5.92 Å². The van der Waals surface area contributed by atoms with E-state index >= 15 is 0 Å². The van der Waals surface area contributed by atoms with Crippen molar-refractivity contribution in [1.29, 1.82) is 0 Å². The minimum absolute atomic E-state index is 0.0471. The average Bonchev–Trinajstić information content (AvgIpc) is 2.28. The fraction of sp³-hybridized carbons (Fsp3) is 0.250. The van der Waals surface area contributed by atoms with Crippen molar-refractivity contribution >= 4 is 17.7 Å². The normalized spacial score (nSPS) is 18.6. The van der Waals surface area contributed by atoms with E-state index in [4.69, 9.17) is 10.2 Å². The van der Waals surface area contributed by atoms with Crippen LogP contribution in [0.15, 0.2) is 18.2 Å². The van der Waals surface area contributed by atoms with E-state index in [9.17, 15) is 14.4 Å². The van der Waals surface area contributed by atoms with Crippen LogP contribution in [0.25, 0.3) is 0 Å². The van der Waals surface area contributed by atoms with Crippen LogP contribution >= 0.6 is 0 Å². The van der Waals surface area contributed by atoms with Crippen molar-refractivity contribution in [2.45, 2.75) is 12.8 Å². The lowest BCUT2D eigenvalue weighted by atomic mass is 9.82. The summed E-state index contributed by atoms with van der Waals surface area (Å²) in [7, 11) is 0. The van der Waals surface area contributed by atoms with Gasteiger partial charge in [-0.25, -0.2) is 4.79 Å². The maximum atomic E-state index is 11.7. The first-order chi connectivity index (χ1) is 7.99. The molecular weight excluding hydrogens is 224 g/mol. The van der Waals surface area contributed by atoms with Gasteiger partial charge in [0.05, 0.1) is 11.5 Å². The minimum atomic E-state index is -1.10. The Balaban J connectivity index is 2.42. The van der Waals surface area contributed by atoms with Crippen LogP contribution in [0.2, 0.25) is 0 Å². The van der Waals surface area contributed by atoms with Crippen molar-refractivity contribution in [2.75, 3.05) is 0 Å². The van der Waals surface area contributed by atoms with Crippen LogP contribution in [0.5, 0.6) is 0 Å². The standard InChI is InChI=1S/C12H10O5/c13-10-5-8(12(16)17)3-6-1-2-7(11(14)15)4-9(6)10/h1-2,4,8H,3,5H2,(H,14,15)(H,16,17). The van der Waals surface area contributed by atoms with Crippen LogP contribution < -0.4 is 0 Å². The number of carbonyl (C=O) groups is 3. The second-order valence-corrected chi connectivity index (χ2v) is 4.04. The molecule has 0 fully saturated rings. The lowest BCUT2D eigenvalue weighted by molar-refractivity contribution is -0.141. The maximum absolute atomic E-state index is 11.7.